The summed E-state index contributed by atoms with van der Waals surface area (Å²) in [6.07, 6.45) is 0.0404. The first-order valence-corrected chi connectivity index (χ1v) is 4.52. The van der Waals surface area contributed by atoms with Crippen molar-refractivity contribution in [1.29, 1.82) is 0 Å². The minimum Gasteiger partial charge on any atom is -0.320 e. The SMILES string of the molecule is C=NOC(=O)NCCCCNC(=O)ON=C. The first-order chi connectivity index (χ1) is 7.70. The highest BCUT2D eigenvalue weighted by molar-refractivity contribution is 5.67. The molecule has 0 fully saturated rings. The smallest absolute Gasteiger partial charge is 0.320 e. The lowest BCUT2D eigenvalue weighted by molar-refractivity contribution is 0.149. The molecule has 90 valence electrons. The molecule has 0 unspecified atom stereocenters. The number of carbonyl (C=O) groups excluding carboxylic acids is 2. The highest BCUT2D eigenvalue weighted by atomic mass is 16.7. The van der Waals surface area contributed by atoms with Crippen LogP contribution >= 0.6 is 0 Å². The third-order valence-corrected chi connectivity index (χ3v) is 1.44. The van der Waals surface area contributed by atoms with Crippen molar-refractivity contribution in [3.05, 3.63) is 0 Å². The van der Waals surface area contributed by atoms with Crippen molar-refractivity contribution in [2.24, 2.45) is 10.3 Å². The number of unbranched alkanes of at least 4 members (excludes halogenated alkanes) is 1. The van der Waals surface area contributed by atoms with Gasteiger partial charge in [0.25, 0.3) is 0 Å². The summed E-state index contributed by atoms with van der Waals surface area (Å²) in [4.78, 5) is 29.7. The zero-order chi connectivity index (χ0) is 12.2. The predicted octanol–water partition coefficient (Wildman–Crippen LogP) is 0.450. The lowest BCUT2D eigenvalue weighted by Crippen LogP contribution is -2.26. The van der Waals surface area contributed by atoms with Gasteiger partial charge < -0.3 is 10.6 Å². The van der Waals surface area contributed by atoms with Crippen LogP contribution in [-0.4, -0.2) is 38.7 Å². The van der Waals surface area contributed by atoms with Gasteiger partial charge in [-0.15, -0.1) is 0 Å². The fourth-order valence-corrected chi connectivity index (χ4v) is 0.813. The van der Waals surface area contributed by atoms with Gasteiger partial charge in [0, 0.05) is 26.5 Å². The Morgan fingerprint density at radius 1 is 0.938 bits per heavy atom. The van der Waals surface area contributed by atoms with Gasteiger partial charge in [-0.3, -0.25) is 9.68 Å². The van der Waals surface area contributed by atoms with Gasteiger partial charge in [0.2, 0.25) is 0 Å². The number of hydrogen-bond donors (Lipinski definition) is 2. The molecular formula is C8H14N4O4. The number of hydrogen-bond acceptors (Lipinski definition) is 6. The largest absolute Gasteiger partial charge is 0.433 e. The molecule has 2 amide bonds. The monoisotopic (exact) mass is 230 g/mol. The van der Waals surface area contributed by atoms with Crippen LogP contribution in [0.4, 0.5) is 9.59 Å². The van der Waals surface area contributed by atoms with Crippen LogP contribution < -0.4 is 10.6 Å². The normalized spacial score (nSPS) is 8.75. The molecule has 0 rings (SSSR count). The van der Waals surface area contributed by atoms with Crippen molar-refractivity contribution in [3.8, 4) is 0 Å². The van der Waals surface area contributed by atoms with Crippen molar-refractivity contribution in [2.75, 3.05) is 13.1 Å². The van der Waals surface area contributed by atoms with Crippen LogP contribution in [0, 0.1) is 0 Å². The predicted molar refractivity (Wildman–Crippen MR) is 57.3 cm³/mol. The molecule has 0 aliphatic carbocycles. The summed E-state index contributed by atoms with van der Waals surface area (Å²) in [7, 11) is 0. The van der Waals surface area contributed by atoms with Crippen LogP contribution in [0.3, 0.4) is 0 Å². The number of oxime groups is 2. The van der Waals surface area contributed by atoms with Crippen LogP contribution in [0.2, 0.25) is 0 Å². The topological polar surface area (TPSA) is 101 Å². The lowest BCUT2D eigenvalue weighted by atomic mass is 10.3. The molecule has 0 saturated carbocycles. The highest BCUT2D eigenvalue weighted by Gasteiger charge is 2.00. The Bertz CT molecular complexity index is 230. The van der Waals surface area contributed by atoms with E-state index < -0.39 is 12.2 Å². The average molecular weight is 230 g/mol. The van der Waals surface area contributed by atoms with E-state index >= 15 is 0 Å². The van der Waals surface area contributed by atoms with E-state index in [1.165, 1.54) is 0 Å². The second-order valence-electron chi connectivity index (χ2n) is 2.58. The average Bonchev–Trinajstić information content (AvgIpc) is 2.24. The second kappa shape index (κ2) is 9.44. The third kappa shape index (κ3) is 8.48. The zero-order valence-electron chi connectivity index (χ0n) is 8.77. The van der Waals surface area contributed by atoms with Crippen LogP contribution in [0.15, 0.2) is 10.3 Å². The molecule has 2 N–H and O–H groups in total. The molecule has 0 aliphatic heterocycles. The maximum atomic E-state index is 10.7. The van der Waals surface area contributed by atoms with Crippen LogP contribution in [0.5, 0.6) is 0 Å². The Labute approximate surface area is 92.6 Å². The van der Waals surface area contributed by atoms with Crippen LogP contribution in [0.1, 0.15) is 12.8 Å². The molecule has 16 heavy (non-hydrogen) atoms. The van der Waals surface area contributed by atoms with Gasteiger partial charge in [-0.05, 0) is 12.8 Å². The standard InChI is InChI=1S/C8H14N4O4/c1-9-15-7(13)11-5-3-4-6-12-8(14)16-10-2/h1-6H2,(H,11,13)(H,12,14). The van der Waals surface area contributed by atoms with Gasteiger partial charge in [-0.1, -0.05) is 10.3 Å². The third-order valence-electron chi connectivity index (χ3n) is 1.44. The molecule has 8 nitrogen and oxygen atoms in total. The van der Waals surface area contributed by atoms with E-state index in [0.717, 1.165) is 0 Å². The van der Waals surface area contributed by atoms with Crippen molar-refractivity contribution in [2.45, 2.75) is 12.8 Å². The van der Waals surface area contributed by atoms with Gasteiger partial charge in [-0.2, -0.15) is 0 Å². The number of amides is 2. The first-order valence-electron chi connectivity index (χ1n) is 4.52. The fraction of sp³-hybridized carbons (Fsp3) is 0.500. The Morgan fingerprint density at radius 3 is 1.62 bits per heavy atom. The molecule has 0 radical (unpaired) electrons. The molecule has 0 bridgehead atoms. The Hall–Kier alpha value is -2.12. The van der Waals surface area contributed by atoms with E-state index in [-0.39, 0.29) is 0 Å². The fourth-order valence-electron chi connectivity index (χ4n) is 0.813. The molecule has 8 heteroatoms. The van der Waals surface area contributed by atoms with E-state index in [1.54, 1.807) is 0 Å². The number of rotatable bonds is 7. The number of nitrogens with one attached hydrogen (secondary N) is 2. The molecule has 0 aromatic carbocycles. The van der Waals surface area contributed by atoms with E-state index in [2.05, 4.69) is 44.1 Å². The van der Waals surface area contributed by atoms with Crippen molar-refractivity contribution in [1.82, 2.24) is 10.6 Å². The van der Waals surface area contributed by atoms with Crippen LogP contribution in [0.25, 0.3) is 0 Å². The lowest BCUT2D eigenvalue weighted by Gasteiger charge is -2.03. The van der Waals surface area contributed by atoms with E-state index in [4.69, 9.17) is 0 Å². The summed E-state index contributed by atoms with van der Waals surface area (Å²) >= 11 is 0. The molecular weight excluding hydrogens is 216 g/mol. The van der Waals surface area contributed by atoms with E-state index in [9.17, 15) is 9.59 Å². The van der Waals surface area contributed by atoms with Crippen LogP contribution in [-0.2, 0) is 9.68 Å². The van der Waals surface area contributed by atoms with Gasteiger partial charge >= 0.3 is 12.2 Å². The number of nitrogens with zero attached hydrogens (tertiary/aromatic N) is 2. The molecule has 0 aromatic heterocycles. The second-order valence-corrected chi connectivity index (χ2v) is 2.58. The van der Waals surface area contributed by atoms with Crippen molar-refractivity contribution < 1.29 is 19.3 Å². The summed E-state index contributed by atoms with van der Waals surface area (Å²) < 4.78 is 0. The molecule has 0 heterocycles. The van der Waals surface area contributed by atoms with Crippen molar-refractivity contribution >= 4 is 25.6 Å². The van der Waals surface area contributed by atoms with Gasteiger partial charge in [0.15, 0.2) is 0 Å². The zero-order valence-corrected chi connectivity index (χ0v) is 8.77. The first kappa shape index (κ1) is 13.9. The quantitative estimate of drug-likeness (QED) is 0.287. The maximum absolute atomic E-state index is 10.7. The number of carbonyl (C=O) groups is 2. The summed E-state index contributed by atoms with van der Waals surface area (Å²) in [6, 6.07) is 0. The summed E-state index contributed by atoms with van der Waals surface area (Å²) in [5.74, 6) is 0. The summed E-state index contributed by atoms with van der Waals surface area (Å²) in [5.41, 5.74) is 0. The minimum absolute atomic E-state index is 0.421. The van der Waals surface area contributed by atoms with Gasteiger partial charge in [0.1, 0.15) is 0 Å². The van der Waals surface area contributed by atoms with E-state index in [0.29, 0.717) is 25.9 Å². The Morgan fingerprint density at radius 2 is 1.31 bits per heavy atom. The van der Waals surface area contributed by atoms with E-state index in [1.807, 2.05) is 0 Å². The maximum Gasteiger partial charge on any atom is 0.433 e. The molecule has 0 spiro atoms. The molecule has 0 aromatic rings. The summed E-state index contributed by atoms with van der Waals surface area (Å²) in [6.45, 7) is 6.82. The molecule has 0 atom stereocenters. The molecule has 0 aliphatic rings. The van der Waals surface area contributed by atoms with Crippen molar-refractivity contribution in [3.63, 3.8) is 0 Å². The molecule has 0 saturated heterocycles. The minimum atomic E-state index is -0.654. The Balaban J connectivity index is 3.27. The van der Waals surface area contributed by atoms with Gasteiger partial charge in [-0.25, -0.2) is 9.59 Å². The van der Waals surface area contributed by atoms with Gasteiger partial charge in [0.05, 0.1) is 0 Å². The summed E-state index contributed by atoms with van der Waals surface area (Å²) in [5, 5.41) is 10.7. The Kier molecular flexibility index (Phi) is 8.19. The highest BCUT2D eigenvalue weighted by Crippen LogP contribution is 1.87.